The molecule has 22 heavy (non-hydrogen) atoms. The third-order valence-corrected chi connectivity index (χ3v) is 5.00. The number of anilines is 1. The first-order chi connectivity index (χ1) is 10.5. The summed E-state index contributed by atoms with van der Waals surface area (Å²) < 4.78 is 0. The molecule has 2 atom stereocenters. The van der Waals surface area contributed by atoms with Crippen LogP contribution in [0.5, 0.6) is 0 Å². The summed E-state index contributed by atoms with van der Waals surface area (Å²) in [6.45, 7) is 4.99. The van der Waals surface area contributed by atoms with Crippen molar-refractivity contribution in [2.75, 3.05) is 11.9 Å². The molecule has 3 N–H and O–H groups in total. The number of carbonyl (C=O) groups excluding carboxylic acids is 1. The quantitative estimate of drug-likeness (QED) is 0.750. The average molecular weight is 322 g/mol. The van der Waals surface area contributed by atoms with Gasteiger partial charge in [-0.2, -0.15) is 11.8 Å². The van der Waals surface area contributed by atoms with Gasteiger partial charge in [0.05, 0.1) is 6.10 Å². The van der Waals surface area contributed by atoms with E-state index in [0.29, 0.717) is 17.7 Å². The van der Waals surface area contributed by atoms with E-state index in [9.17, 15) is 9.90 Å². The summed E-state index contributed by atoms with van der Waals surface area (Å²) in [5.74, 6) is 1.35. The molecule has 1 aliphatic rings. The molecule has 0 bridgehead atoms. The van der Waals surface area contributed by atoms with Gasteiger partial charge in [-0.25, -0.2) is 4.79 Å². The maximum Gasteiger partial charge on any atom is 0.319 e. The highest BCUT2D eigenvalue weighted by Gasteiger charge is 2.22. The fourth-order valence-corrected chi connectivity index (χ4v) is 3.35. The number of carbonyl (C=O) groups is 1. The fraction of sp³-hybridized carbons (Fsp3) is 0.588. The van der Waals surface area contributed by atoms with Crippen molar-refractivity contribution in [3.63, 3.8) is 0 Å². The van der Waals surface area contributed by atoms with Crippen LogP contribution in [0.25, 0.3) is 0 Å². The first kappa shape index (κ1) is 17.2. The van der Waals surface area contributed by atoms with Gasteiger partial charge in [0.2, 0.25) is 0 Å². The van der Waals surface area contributed by atoms with Gasteiger partial charge < -0.3 is 15.7 Å². The van der Waals surface area contributed by atoms with Crippen molar-refractivity contribution in [3.05, 3.63) is 29.8 Å². The van der Waals surface area contributed by atoms with E-state index in [0.717, 1.165) is 30.7 Å². The minimum atomic E-state index is -0.190. The first-order valence-corrected chi connectivity index (χ1v) is 9.01. The predicted octanol–water partition coefficient (Wildman–Crippen LogP) is 3.61. The highest BCUT2D eigenvalue weighted by Crippen LogP contribution is 2.24. The third-order valence-electron chi connectivity index (χ3n) is 3.83. The van der Waals surface area contributed by atoms with Crippen molar-refractivity contribution in [3.8, 4) is 0 Å². The number of aliphatic hydroxyl groups is 1. The van der Waals surface area contributed by atoms with Crippen LogP contribution in [0.4, 0.5) is 10.5 Å². The Morgan fingerprint density at radius 3 is 2.91 bits per heavy atom. The van der Waals surface area contributed by atoms with Crippen LogP contribution in [0, 0.1) is 5.92 Å². The Balaban J connectivity index is 1.77. The van der Waals surface area contributed by atoms with Crippen LogP contribution in [0.1, 0.15) is 38.7 Å². The second kappa shape index (κ2) is 8.44. The second-order valence-corrected chi connectivity index (χ2v) is 7.79. The molecule has 2 amide bonds. The molecule has 0 heterocycles. The molecule has 1 aromatic rings. The molecule has 0 spiro atoms. The van der Waals surface area contributed by atoms with Crippen LogP contribution in [0.2, 0.25) is 0 Å². The van der Waals surface area contributed by atoms with E-state index < -0.39 is 0 Å². The molecule has 122 valence electrons. The average Bonchev–Trinajstić information content (AvgIpc) is 2.89. The van der Waals surface area contributed by atoms with Crippen molar-refractivity contribution in [1.82, 2.24) is 5.32 Å². The van der Waals surface area contributed by atoms with Crippen LogP contribution in [-0.2, 0) is 5.75 Å². The van der Waals surface area contributed by atoms with E-state index in [-0.39, 0.29) is 12.1 Å². The molecule has 2 rings (SSSR count). The molecule has 4 nitrogen and oxygen atoms in total. The number of hydrogen-bond acceptors (Lipinski definition) is 3. The second-order valence-electron chi connectivity index (χ2n) is 6.23. The van der Waals surface area contributed by atoms with Gasteiger partial charge in [-0.05, 0) is 48.1 Å². The summed E-state index contributed by atoms with van der Waals surface area (Å²) >= 11 is 1.89. The lowest BCUT2D eigenvalue weighted by atomic mass is 10.1. The Labute approximate surface area is 137 Å². The van der Waals surface area contributed by atoms with E-state index >= 15 is 0 Å². The number of aliphatic hydroxyl groups excluding tert-OH is 1. The zero-order valence-corrected chi connectivity index (χ0v) is 14.2. The molecule has 1 aliphatic carbocycles. The Morgan fingerprint density at radius 1 is 1.41 bits per heavy atom. The number of amides is 2. The number of benzene rings is 1. The van der Waals surface area contributed by atoms with Gasteiger partial charge >= 0.3 is 6.03 Å². The van der Waals surface area contributed by atoms with Crippen molar-refractivity contribution >= 4 is 23.5 Å². The lowest BCUT2D eigenvalue weighted by Gasteiger charge is -2.12. The number of hydrogen-bond donors (Lipinski definition) is 3. The maximum absolute atomic E-state index is 11.9. The minimum absolute atomic E-state index is 0.171. The molecule has 1 fully saturated rings. The summed E-state index contributed by atoms with van der Waals surface area (Å²) in [5, 5.41) is 15.9. The smallest absolute Gasteiger partial charge is 0.319 e. The highest BCUT2D eigenvalue weighted by atomic mass is 32.2. The lowest BCUT2D eigenvalue weighted by Crippen LogP contribution is -2.32. The predicted molar refractivity (Wildman–Crippen MR) is 93.2 cm³/mol. The summed E-state index contributed by atoms with van der Waals surface area (Å²) in [4.78, 5) is 11.9. The highest BCUT2D eigenvalue weighted by molar-refractivity contribution is 7.99. The molecular weight excluding hydrogens is 296 g/mol. The summed E-state index contributed by atoms with van der Waals surface area (Å²) in [7, 11) is 0. The lowest BCUT2D eigenvalue weighted by molar-refractivity contribution is 0.177. The Hall–Kier alpha value is -1.20. The Bertz CT molecular complexity index is 493. The zero-order chi connectivity index (χ0) is 15.9. The van der Waals surface area contributed by atoms with Crippen LogP contribution in [0.15, 0.2) is 24.3 Å². The maximum atomic E-state index is 11.9. The van der Waals surface area contributed by atoms with Gasteiger partial charge in [-0.3, -0.25) is 0 Å². The molecule has 1 aromatic carbocycles. The standard InChI is InChI=1S/C17H26N2O2S/c1-12(2)22-11-14-4-3-5-15(8-14)19-17(21)18-10-13-6-7-16(20)9-13/h3-5,8,12-13,16,20H,6-7,9-11H2,1-2H3,(H2,18,19,21)/t13-,16+/m1/s1. The van der Waals surface area contributed by atoms with Crippen LogP contribution in [-0.4, -0.2) is 29.0 Å². The van der Waals surface area contributed by atoms with Crippen LogP contribution < -0.4 is 10.6 Å². The normalized spacial score (nSPS) is 21.1. The first-order valence-electron chi connectivity index (χ1n) is 7.96. The van der Waals surface area contributed by atoms with E-state index in [2.05, 4.69) is 30.5 Å². The molecule has 0 aromatic heterocycles. The van der Waals surface area contributed by atoms with Crippen LogP contribution >= 0.6 is 11.8 Å². The number of rotatable bonds is 6. The van der Waals surface area contributed by atoms with Crippen LogP contribution in [0.3, 0.4) is 0 Å². The number of nitrogens with one attached hydrogen (secondary N) is 2. The molecule has 0 radical (unpaired) electrons. The van der Waals surface area contributed by atoms with Gasteiger partial charge in [0.15, 0.2) is 0 Å². The van der Waals surface area contributed by atoms with Crippen molar-refractivity contribution in [2.45, 2.75) is 50.2 Å². The Morgan fingerprint density at radius 2 is 2.23 bits per heavy atom. The van der Waals surface area contributed by atoms with E-state index in [1.165, 1.54) is 5.56 Å². The summed E-state index contributed by atoms with van der Waals surface area (Å²) in [5.41, 5.74) is 2.04. The zero-order valence-electron chi connectivity index (χ0n) is 13.3. The van der Waals surface area contributed by atoms with Crippen molar-refractivity contribution in [2.24, 2.45) is 5.92 Å². The summed E-state index contributed by atoms with van der Waals surface area (Å²) in [6.07, 6.45) is 2.44. The fourth-order valence-electron chi connectivity index (χ4n) is 2.65. The molecule has 5 heteroatoms. The topological polar surface area (TPSA) is 61.4 Å². The molecule has 0 aliphatic heterocycles. The van der Waals surface area contributed by atoms with Gasteiger partial charge in [0.1, 0.15) is 0 Å². The molecular formula is C17H26N2O2S. The largest absolute Gasteiger partial charge is 0.393 e. The third kappa shape index (κ3) is 5.89. The molecule has 0 saturated heterocycles. The monoisotopic (exact) mass is 322 g/mol. The van der Waals surface area contributed by atoms with E-state index in [1.807, 2.05) is 30.0 Å². The molecule has 0 unspecified atom stereocenters. The number of urea groups is 1. The number of thioether (sulfide) groups is 1. The van der Waals surface area contributed by atoms with Gasteiger partial charge in [-0.15, -0.1) is 0 Å². The molecule has 1 saturated carbocycles. The van der Waals surface area contributed by atoms with Gasteiger partial charge in [0.25, 0.3) is 0 Å². The van der Waals surface area contributed by atoms with E-state index in [4.69, 9.17) is 0 Å². The SMILES string of the molecule is CC(C)SCc1cccc(NC(=O)NC[C@@H]2CC[C@H](O)C2)c1. The van der Waals surface area contributed by atoms with Gasteiger partial charge in [0, 0.05) is 18.0 Å². The van der Waals surface area contributed by atoms with E-state index in [1.54, 1.807) is 0 Å². The van der Waals surface area contributed by atoms with Crippen molar-refractivity contribution in [1.29, 1.82) is 0 Å². The minimum Gasteiger partial charge on any atom is -0.393 e. The van der Waals surface area contributed by atoms with Crippen molar-refractivity contribution < 1.29 is 9.90 Å². The summed E-state index contributed by atoms with van der Waals surface area (Å²) in [6, 6.07) is 7.81. The van der Waals surface area contributed by atoms with Gasteiger partial charge in [-0.1, -0.05) is 26.0 Å². The Kier molecular flexibility index (Phi) is 6.58.